The summed E-state index contributed by atoms with van der Waals surface area (Å²) in [4.78, 5) is 27.9. The van der Waals surface area contributed by atoms with Crippen LogP contribution in [0.1, 0.15) is 28.9 Å². The number of hydrogen-bond donors (Lipinski definition) is 4. The maximum absolute atomic E-state index is 12.1. The number of rotatable bonds is 6. The van der Waals surface area contributed by atoms with Crippen LogP contribution >= 0.6 is 0 Å². The number of carbonyl (C=O) groups is 2. The highest BCUT2D eigenvalue weighted by Gasteiger charge is 2.23. The average Bonchev–Trinajstić information content (AvgIpc) is 2.81. The largest absolute Gasteiger partial charge is 0.507 e. The summed E-state index contributed by atoms with van der Waals surface area (Å²) in [5.74, 6) is -1.14. The van der Waals surface area contributed by atoms with Gasteiger partial charge in [-0.1, -0.05) is 18.2 Å². The molecule has 29 heavy (non-hydrogen) atoms. The van der Waals surface area contributed by atoms with Gasteiger partial charge in [0.05, 0.1) is 35.1 Å². The molecule has 1 aliphatic rings. The van der Waals surface area contributed by atoms with Gasteiger partial charge in [-0.25, -0.2) is 4.79 Å². The predicted octanol–water partition coefficient (Wildman–Crippen LogP) is 2.32. The maximum Gasteiger partial charge on any atom is 0.337 e. The Morgan fingerprint density at radius 3 is 2.69 bits per heavy atom. The average molecular weight is 395 g/mol. The van der Waals surface area contributed by atoms with Crippen molar-refractivity contribution < 1.29 is 24.5 Å². The smallest absolute Gasteiger partial charge is 0.337 e. The number of benzene rings is 2. The highest BCUT2D eigenvalue weighted by Crippen LogP contribution is 2.36. The van der Waals surface area contributed by atoms with E-state index in [-0.39, 0.29) is 30.0 Å². The molecule has 0 spiro atoms. The van der Waals surface area contributed by atoms with E-state index in [1.165, 1.54) is 18.2 Å². The number of nitrogens with one attached hydrogen (secondary N) is 1. The second-order valence-electron chi connectivity index (χ2n) is 6.42. The summed E-state index contributed by atoms with van der Waals surface area (Å²) < 4.78 is 5.77. The van der Waals surface area contributed by atoms with Crippen molar-refractivity contribution in [2.45, 2.75) is 13.0 Å². The molecule has 5 N–H and O–H groups in total. The minimum atomic E-state index is -1.09. The van der Waals surface area contributed by atoms with Crippen LogP contribution in [0.4, 0.5) is 5.69 Å². The topological polar surface area (TPSA) is 134 Å². The number of ether oxygens (including phenoxy) is 1. The Balaban J connectivity index is 1.70. The molecule has 8 heteroatoms. The molecule has 3 rings (SSSR count). The van der Waals surface area contributed by atoms with E-state index in [9.17, 15) is 19.8 Å². The third kappa shape index (κ3) is 4.44. The molecule has 1 heterocycles. The monoisotopic (exact) mass is 395 g/mol. The van der Waals surface area contributed by atoms with Crippen molar-refractivity contribution in [3.8, 4) is 11.5 Å². The van der Waals surface area contributed by atoms with Crippen molar-refractivity contribution in [1.29, 1.82) is 0 Å². The van der Waals surface area contributed by atoms with Gasteiger partial charge in [0.2, 0.25) is 0 Å². The minimum Gasteiger partial charge on any atom is -0.507 e. The maximum atomic E-state index is 12.1. The molecule has 0 aromatic heterocycles. The predicted molar refractivity (Wildman–Crippen MR) is 108 cm³/mol. The molecule has 2 aromatic rings. The van der Waals surface area contributed by atoms with Crippen molar-refractivity contribution in [1.82, 2.24) is 5.32 Å². The first-order valence-electron chi connectivity index (χ1n) is 8.96. The van der Waals surface area contributed by atoms with Gasteiger partial charge in [0.1, 0.15) is 18.1 Å². The molecule has 150 valence electrons. The second-order valence-corrected chi connectivity index (χ2v) is 6.42. The van der Waals surface area contributed by atoms with E-state index in [1.807, 2.05) is 0 Å². The number of carbonyl (C=O) groups excluding carboxylic acids is 1. The SMILES string of the molecule is CC1=Nc2cccc(OCCNC(=O)c3ccccc3O)c2C(N)C=C1C(=O)O. The number of carboxylic acids is 1. The number of aliphatic carboxylic acids is 1. The third-order valence-electron chi connectivity index (χ3n) is 4.42. The first-order valence-corrected chi connectivity index (χ1v) is 8.96. The van der Waals surface area contributed by atoms with E-state index in [4.69, 9.17) is 10.5 Å². The quantitative estimate of drug-likeness (QED) is 0.555. The molecule has 0 radical (unpaired) electrons. The molecule has 2 aromatic carbocycles. The summed E-state index contributed by atoms with van der Waals surface area (Å²) in [6.45, 7) is 1.97. The van der Waals surface area contributed by atoms with Crippen LogP contribution in [0, 0.1) is 0 Å². The van der Waals surface area contributed by atoms with E-state index in [1.54, 1.807) is 37.3 Å². The lowest BCUT2D eigenvalue weighted by Gasteiger charge is -2.16. The van der Waals surface area contributed by atoms with Gasteiger partial charge >= 0.3 is 5.97 Å². The number of phenolic OH excluding ortho intramolecular Hbond substituents is 1. The van der Waals surface area contributed by atoms with Crippen LogP contribution < -0.4 is 15.8 Å². The fourth-order valence-corrected chi connectivity index (χ4v) is 3.03. The van der Waals surface area contributed by atoms with Gasteiger partial charge in [0.25, 0.3) is 5.91 Å². The highest BCUT2D eigenvalue weighted by molar-refractivity contribution is 6.19. The fraction of sp³-hybridized carbons (Fsp3) is 0.190. The van der Waals surface area contributed by atoms with Gasteiger partial charge in [-0.3, -0.25) is 9.79 Å². The van der Waals surface area contributed by atoms with Crippen molar-refractivity contribution in [3.05, 3.63) is 65.2 Å². The number of nitrogens with two attached hydrogens (primary N) is 1. The lowest BCUT2D eigenvalue weighted by atomic mass is 10.0. The lowest BCUT2D eigenvalue weighted by molar-refractivity contribution is -0.132. The minimum absolute atomic E-state index is 0.0505. The Kier molecular flexibility index (Phi) is 5.94. The van der Waals surface area contributed by atoms with E-state index in [2.05, 4.69) is 10.3 Å². The summed E-state index contributed by atoms with van der Waals surface area (Å²) in [6, 6.07) is 10.7. The molecule has 1 amide bonds. The zero-order valence-electron chi connectivity index (χ0n) is 15.8. The van der Waals surface area contributed by atoms with E-state index in [0.717, 1.165) is 0 Å². The highest BCUT2D eigenvalue weighted by atomic mass is 16.5. The van der Waals surface area contributed by atoms with E-state index < -0.39 is 17.9 Å². The zero-order valence-corrected chi connectivity index (χ0v) is 15.8. The van der Waals surface area contributed by atoms with Crippen LogP contribution in [0.2, 0.25) is 0 Å². The van der Waals surface area contributed by atoms with Crippen LogP contribution in [0.15, 0.2) is 59.1 Å². The van der Waals surface area contributed by atoms with E-state index in [0.29, 0.717) is 22.7 Å². The van der Waals surface area contributed by atoms with Gasteiger partial charge in [0.15, 0.2) is 0 Å². The number of amides is 1. The van der Waals surface area contributed by atoms with Crippen LogP contribution in [-0.2, 0) is 4.79 Å². The number of nitrogens with zero attached hydrogens (tertiary/aromatic N) is 1. The number of aromatic hydroxyl groups is 1. The van der Waals surface area contributed by atoms with Crippen LogP contribution in [-0.4, -0.2) is 41.0 Å². The molecular formula is C21H21N3O5. The van der Waals surface area contributed by atoms with E-state index >= 15 is 0 Å². The number of para-hydroxylation sites is 1. The Hall–Kier alpha value is -3.65. The van der Waals surface area contributed by atoms with Crippen molar-refractivity contribution >= 4 is 23.3 Å². The van der Waals surface area contributed by atoms with Gasteiger partial charge in [0, 0.05) is 5.56 Å². The summed E-state index contributed by atoms with van der Waals surface area (Å²) >= 11 is 0. The van der Waals surface area contributed by atoms with Crippen LogP contribution in [0.5, 0.6) is 11.5 Å². The van der Waals surface area contributed by atoms with Crippen LogP contribution in [0.3, 0.4) is 0 Å². The summed E-state index contributed by atoms with van der Waals surface area (Å²) in [7, 11) is 0. The Morgan fingerprint density at radius 1 is 1.21 bits per heavy atom. The number of phenols is 1. The Bertz CT molecular complexity index is 1010. The number of fused-ring (bicyclic) bond motifs is 1. The Labute approximate surface area is 167 Å². The first-order chi connectivity index (χ1) is 13.9. The van der Waals surface area contributed by atoms with Crippen molar-refractivity contribution in [2.24, 2.45) is 10.7 Å². The second kappa shape index (κ2) is 8.57. The third-order valence-corrected chi connectivity index (χ3v) is 4.42. The molecule has 1 atom stereocenters. The molecule has 1 aliphatic heterocycles. The Morgan fingerprint density at radius 2 is 1.97 bits per heavy atom. The molecule has 0 fully saturated rings. The first kappa shape index (κ1) is 20.1. The molecule has 8 nitrogen and oxygen atoms in total. The van der Waals surface area contributed by atoms with Crippen LogP contribution in [0.25, 0.3) is 0 Å². The standard InChI is InChI=1S/C21H21N3O5/c1-12-14(21(27)28)11-15(22)19-16(24-12)6-4-8-18(19)29-10-9-23-20(26)13-5-2-3-7-17(13)25/h2-8,11,15,25H,9-10,22H2,1H3,(H,23,26)(H,27,28). The van der Waals surface area contributed by atoms with Crippen molar-refractivity contribution in [2.75, 3.05) is 13.2 Å². The summed E-state index contributed by atoms with van der Waals surface area (Å²) in [5.41, 5.74) is 7.90. The lowest BCUT2D eigenvalue weighted by Crippen LogP contribution is -2.28. The number of hydrogen-bond acceptors (Lipinski definition) is 6. The molecular weight excluding hydrogens is 374 g/mol. The zero-order chi connectivity index (χ0) is 21.0. The summed E-state index contributed by atoms with van der Waals surface area (Å²) in [5, 5.41) is 21.7. The number of carboxylic acid groups (broad SMARTS) is 1. The van der Waals surface area contributed by atoms with Gasteiger partial charge in [-0.05, 0) is 37.3 Å². The molecule has 0 saturated carbocycles. The molecule has 0 bridgehead atoms. The van der Waals surface area contributed by atoms with Gasteiger partial charge in [-0.15, -0.1) is 0 Å². The molecule has 0 aliphatic carbocycles. The normalized spacial score (nSPS) is 15.4. The van der Waals surface area contributed by atoms with Crippen molar-refractivity contribution in [3.63, 3.8) is 0 Å². The number of aliphatic imine (C=N–C) groups is 1. The molecule has 0 saturated heterocycles. The molecule has 1 unspecified atom stereocenters. The van der Waals surface area contributed by atoms with Gasteiger partial charge in [-0.2, -0.15) is 0 Å². The fourth-order valence-electron chi connectivity index (χ4n) is 3.03. The summed E-state index contributed by atoms with van der Waals surface area (Å²) in [6.07, 6.45) is 1.44. The van der Waals surface area contributed by atoms with Gasteiger partial charge < -0.3 is 26.0 Å².